The van der Waals surface area contributed by atoms with Gasteiger partial charge in [0.1, 0.15) is 11.6 Å². The number of hydrogen-bond acceptors (Lipinski definition) is 5. The number of benzene rings is 2. The number of aromatic nitrogens is 1. The topological polar surface area (TPSA) is 51.5 Å². The smallest absolute Gasteiger partial charge is 0.268 e. The molecule has 1 aromatic heterocycles. The highest BCUT2D eigenvalue weighted by Crippen LogP contribution is 2.40. The van der Waals surface area contributed by atoms with Crippen LogP contribution in [0.4, 0.5) is 4.39 Å². The zero-order chi connectivity index (χ0) is 20.6. The molecule has 150 valence electrons. The van der Waals surface area contributed by atoms with Gasteiger partial charge in [0.15, 0.2) is 0 Å². The molecule has 0 saturated carbocycles. The minimum absolute atomic E-state index is 0.0435. The van der Waals surface area contributed by atoms with Crippen molar-refractivity contribution in [1.29, 1.82) is 0 Å². The molecule has 0 aliphatic carbocycles. The van der Waals surface area contributed by atoms with Crippen molar-refractivity contribution in [1.82, 2.24) is 8.87 Å². The molecule has 0 spiro atoms. The summed E-state index contributed by atoms with van der Waals surface area (Å²) >= 11 is 1.59. The second-order valence-electron chi connectivity index (χ2n) is 6.70. The normalized spacial score (nSPS) is 13.2. The fourth-order valence-corrected chi connectivity index (χ4v) is 5.64. The van der Waals surface area contributed by atoms with Gasteiger partial charge in [-0.25, -0.2) is 16.8 Å². The Morgan fingerprint density at radius 2 is 1.79 bits per heavy atom. The molecule has 1 unspecified atom stereocenters. The highest BCUT2D eigenvalue weighted by Gasteiger charge is 2.26. The van der Waals surface area contributed by atoms with Crippen LogP contribution in [0.15, 0.2) is 52.3 Å². The van der Waals surface area contributed by atoms with Crippen molar-refractivity contribution in [3.05, 3.63) is 54.0 Å². The van der Waals surface area contributed by atoms with Crippen LogP contribution >= 0.6 is 11.8 Å². The molecule has 0 radical (unpaired) electrons. The summed E-state index contributed by atoms with van der Waals surface area (Å²) in [6.45, 7) is 3.85. The Balaban J connectivity index is 2.28. The highest BCUT2D eigenvalue weighted by atomic mass is 32.2. The molecular weight excluding hydrogens is 399 g/mol. The molecule has 0 bridgehead atoms. The third-order valence-electron chi connectivity index (χ3n) is 4.67. The molecule has 0 saturated heterocycles. The number of halogens is 1. The number of nitrogens with zero attached hydrogens (tertiary/aromatic N) is 2. The Labute approximate surface area is 169 Å². The highest BCUT2D eigenvalue weighted by molar-refractivity contribution is 8.00. The van der Waals surface area contributed by atoms with E-state index in [1.807, 2.05) is 20.2 Å². The maximum Gasteiger partial charge on any atom is 0.268 e. The van der Waals surface area contributed by atoms with E-state index in [4.69, 9.17) is 4.74 Å². The minimum atomic E-state index is -3.89. The predicted octanol–water partition coefficient (Wildman–Crippen LogP) is 4.33. The lowest BCUT2D eigenvalue weighted by Crippen LogP contribution is -2.21. The largest absolute Gasteiger partial charge is 0.497 e. The van der Waals surface area contributed by atoms with Crippen molar-refractivity contribution in [3.63, 3.8) is 0 Å². The molecule has 1 atom stereocenters. The van der Waals surface area contributed by atoms with Gasteiger partial charge in [0.25, 0.3) is 10.0 Å². The number of hydrogen-bond donors (Lipinski definition) is 0. The molecule has 0 amide bonds. The summed E-state index contributed by atoms with van der Waals surface area (Å²) < 4.78 is 46.7. The van der Waals surface area contributed by atoms with Gasteiger partial charge in [0.2, 0.25) is 0 Å². The van der Waals surface area contributed by atoms with Crippen LogP contribution in [0, 0.1) is 12.7 Å². The molecular formula is C20H23FN2O3S2. The first kappa shape index (κ1) is 20.7. The summed E-state index contributed by atoms with van der Waals surface area (Å²) in [6, 6.07) is 10.2. The van der Waals surface area contributed by atoms with Gasteiger partial charge in [-0.2, -0.15) is 0 Å². The number of methoxy groups -OCH3 is 1. The number of ether oxygens (including phenoxy) is 1. The maximum absolute atomic E-state index is 13.4. The van der Waals surface area contributed by atoms with Crippen molar-refractivity contribution in [3.8, 4) is 5.75 Å². The summed E-state index contributed by atoms with van der Waals surface area (Å²) in [4.78, 5) is 2.98. The van der Waals surface area contributed by atoms with Gasteiger partial charge in [-0.1, -0.05) is 0 Å². The molecule has 8 heteroatoms. The molecule has 0 N–H and O–H groups in total. The molecule has 1 heterocycles. The molecule has 0 fully saturated rings. The number of fused-ring (bicyclic) bond motifs is 1. The molecule has 0 aliphatic heterocycles. The first-order valence-electron chi connectivity index (χ1n) is 8.70. The summed E-state index contributed by atoms with van der Waals surface area (Å²) in [7, 11) is 1.64. The van der Waals surface area contributed by atoms with E-state index >= 15 is 0 Å². The zero-order valence-corrected chi connectivity index (χ0v) is 18.1. The number of thioether (sulfide) groups is 1. The maximum atomic E-state index is 13.4. The Morgan fingerprint density at radius 3 is 2.36 bits per heavy atom. The lowest BCUT2D eigenvalue weighted by Gasteiger charge is -2.19. The SMILES string of the molecule is COc1ccc2c(c1)c(SC(C)N(C)C)c(C)n2S(=O)(=O)c1ccc(F)cc1. The van der Waals surface area contributed by atoms with Crippen LogP contribution in [-0.4, -0.2) is 43.9 Å². The number of rotatable bonds is 6. The lowest BCUT2D eigenvalue weighted by atomic mass is 10.2. The van der Waals surface area contributed by atoms with Gasteiger partial charge in [-0.3, -0.25) is 4.90 Å². The van der Waals surface area contributed by atoms with Crippen LogP contribution < -0.4 is 4.74 Å². The Bertz CT molecular complexity index is 1110. The molecule has 28 heavy (non-hydrogen) atoms. The molecule has 3 aromatic rings. The summed E-state index contributed by atoms with van der Waals surface area (Å²) in [5.41, 5.74) is 1.18. The third kappa shape index (κ3) is 3.64. The third-order valence-corrected chi connectivity index (χ3v) is 8.00. The average Bonchev–Trinajstić information content (AvgIpc) is 2.93. The van der Waals surface area contributed by atoms with E-state index in [0.717, 1.165) is 22.4 Å². The lowest BCUT2D eigenvalue weighted by molar-refractivity contribution is 0.402. The van der Waals surface area contributed by atoms with Crippen molar-refractivity contribution in [2.24, 2.45) is 0 Å². The monoisotopic (exact) mass is 422 g/mol. The molecule has 5 nitrogen and oxygen atoms in total. The summed E-state index contributed by atoms with van der Waals surface area (Å²) in [6.07, 6.45) is 0. The van der Waals surface area contributed by atoms with E-state index in [1.165, 1.54) is 16.1 Å². The second kappa shape index (κ2) is 7.77. The molecule has 3 rings (SSSR count). The van der Waals surface area contributed by atoms with Crippen molar-refractivity contribution >= 4 is 32.7 Å². The Morgan fingerprint density at radius 1 is 1.14 bits per heavy atom. The van der Waals surface area contributed by atoms with Crippen LogP contribution in [0.2, 0.25) is 0 Å². The average molecular weight is 423 g/mol. The van der Waals surface area contributed by atoms with Crippen molar-refractivity contribution in [2.75, 3.05) is 21.2 Å². The standard InChI is InChI=1S/C20H23FN2O3S2/c1-13-20(27-14(2)22(3)4)18-12-16(26-5)8-11-19(18)23(13)28(24,25)17-9-6-15(21)7-10-17/h6-12,14H,1-5H3. The first-order chi connectivity index (χ1) is 13.2. The van der Waals surface area contributed by atoms with Gasteiger partial charge in [0, 0.05) is 16.0 Å². The van der Waals surface area contributed by atoms with Gasteiger partial charge in [-0.15, -0.1) is 11.8 Å². The predicted molar refractivity (Wildman–Crippen MR) is 111 cm³/mol. The van der Waals surface area contributed by atoms with Crippen molar-refractivity contribution in [2.45, 2.75) is 29.0 Å². The van der Waals surface area contributed by atoms with Crippen LogP contribution in [0.25, 0.3) is 10.9 Å². The van der Waals surface area contributed by atoms with Gasteiger partial charge < -0.3 is 4.74 Å². The first-order valence-corrected chi connectivity index (χ1v) is 11.0. The summed E-state index contributed by atoms with van der Waals surface area (Å²) in [5, 5.41) is 0.943. The van der Waals surface area contributed by atoms with E-state index in [-0.39, 0.29) is 10.3 Å². The van der Waals surface area contributed by atoms with Gasteiger partial charge in [0.05, 0.1) is 22.9 Å². The quantitative estimate of drug-likeness (QED) is 0.437. The van der Waals surface area contributed by atoms with Crippen molar-refractivity contribution < 1.29 is 17.5 Å². The summed E-state index contributed by atoms with van der Waals surface area (Å²) in [5.74, 6) is 0.178. The fraction of sp³-hybridized carbons (Fsp3) is 0.300. The van der Waals surface area contributed by atoms with E-state index in [2.05, 4.69) is 11.8 Å². The van der Waals surface area contributed by atoms with E-state index in [9.17, 15) is 12.8 Å². The van der Waals surface area contributed by atoms with Gasteiger partial charge >= 0.3 is 0 Å². The molecule has 2 aromatic carbocycles. The van der Waals surface area contributed by atoms with Crippen LogP contribution in [-0.2, 0) is 10.0 Å². The second-order valence-corrected chi connectivity index (χ2v) is 9.81. The Hall–Kier alpha value is -2.03. The zero-order valence-electron chi connectivity index (χ0n) is 16.4. The van der Waals surface area contributed by atoms with E-state index in [1.54, 1.807) is 37.9 Å². The van der Waals surface area contributed by atoms with E-state index < -0.39 is 15.8 Å². The fourth-order valence-electron chi connectivity index (χ4n) is 2.92. The van der Waals surface area contributed by atoms with Gasteiger partial charge in [-0.05, 0) is 70.4 Å². The van der Waals surface area contributed by atoms with Crippen LogP contribution in [0.5, 0.6) is 5.75 Å². The Kier molecular flexibility index (Phi) is 5.74. The van der Waals surface area contributed by atoms with Crippen LogP contribution in [0.1, 0.15) is 12.6 Å². The van der Waals surface area contributed by atoms with Crippen LogP contribution in [0.3, 0.4) is 0 Å². The minimum Gasteiger partial charge on any atom is -0.497 e. The molecule has 0 aliphatic rings. The van der Waals surface area contributed by atoms with E-state index in [0.29, 0.717) is 17.0 Å².